The maximum atomic E-state index is 12.6. The Morgan fingerprint density at radius 1 is 0.941 bits per heavy atom. The molecule has 0 bridgehead atoms. The van der Waals surface area contributed by atoms with E-state index in [0.717, 1.165) is 23.6 Å². The topological polar surface area (TPSA) is 69.7 Å². The van der Waals surface area contributed by atoms with Gasteiger partial charge in [0.25, 0.3) is 0 Å². The summed E-state index contributed by atoms with van der Waals surface area (Å²) in [6.07, 6.45) is 3.51. The van der Waals surface area contributed by atoms with Crippen molar-refractivity contribution in [2.75, 3.05) is 26.2 Å². The van der Waals surface area contributed by atoms with Gasteiger partial charge < -0.3 is 5.32 Å². The molecule has 1 fully saturated rings. The van der Waals surface area contributed by atoms with Gasteiger partial charge in [0, 0.05) is 32.6 Å². The zero-order valence-electron chi connectivity index (χ0n) is 20.8. The maximum absolute atomic E-state index is 12.6. The molecule has 0 aliphatic carbocycles. The molecule has 2 aromatic rings. The van der Waals surface area contributed by atoms with E-state index in [1.807, 2.05) is 13.8 Å². The number of rotatable bonds is 11. The number of hydrogen-bond acceptors (Lipinski definition) is 4. The quantitative estimate of drug-likeness (QED) is 0.518. The third-order valence-electron chi connectivity index (χ3n) is 6.70. The molecule has 0 unspecified atom stereocenters. The number of amides is 1. The van der Waals surface area contributed by atoms with Gasteiger partial charge in [0.1, 0.15) is 0 Å². The lowest BCUT2D eigenvalue weighted by Gasteiger charge is -2.30. The molecule has 1 amide bonds. The highest BCUT2D eigenvalue weighted by Crippen LogP contribution is 2.19. The Kier molecular flexibility index (Phi) is 9.68. The summed E-state index contributed by atoms with van der Waals surface area (Å²) < 4.78 is 26.6. The molecule has 34 heavy (non-hydrogen) atoms. The number of aryl methyl sites for hydroxylation is 1. The monoisotopic (exact) mass is 485 g/mol. The van der Waals surface area contributed by atoms with Gasteiger partial charge in [-0.2, -0.15) is 4.31 Å². The third kappa shape index (κ3) is 7.39. The van der Waals surface area contributed by atoms with Crippen LogP contribution >= 0.6 is 0 Å². The van der Waals surface area contributed by atoms with Gasteiger partial charge in [-0.05, 0) is 67.1 Å². The molecular weight excluding hydrogens is 446 g/mol. The van der Waals surface area contributed by atoms with Crippen molar-refractivity contribution < 1.29 is 13.2 Å². The SMILES string of the molecule is CCN(CC)S(=O)(=O)c1ccc(CCC(=O)NCc2ccc(CN3CCC(C)CC3)cc2)cc1. The zero-order valence-corrected chi connectivity index (χ0v) is 21.6. The van der Waals surface area contributed by atoms with E-state index in [4.69, 9.17) is 0 Å². The summed E-state index contributed by atoms with van der Waals surface area (Å²) in [5, 5.41) is 2.99. The van der Waals surface area contributed by atoms with Crippen LogP contribution in [0.25, 0.3) is 0 Å². The van der Waals surface area contributed by atoms with Crippen LogP contribution < -0.4 is 5.32 Å². The van der Waals surface area contributed by atoms with Crippen LogP contribution in [-0.2, 0) is 34.3 Å². The molecule has 0 radical (unpaired) electrons. The summed E-state index contributed by atoms with van der Waals surface area (Å²) in [5.74, 6) is 0.835. The molecule has 7 heteroatoms. The van der Waals surface area contributed by atoms with Crippen LogP contribution in [0.2, 0.25) is 0 Å². The highest BCUT2D eigenvalue weighted by atomic mass is 32.2. The summed E-state index contributed by atoms with van der Waals surface area (Å²) >= 11 is 0. The van der Waals surface area contributed by atoms with Gasteiger partial charge in [-0.1, -0.05) is 57.2 Å². The van der Waals surface area contributed by atoms with Gasteiger partial charge in [-0.3, -0.25) is 9.69 Å². The van der Waals surface area contributed by atoms with Crippen molar-refractivity contribution in [3.8, 4) is 0 Å². The van der Waals surface area contributed by atoms with Crippen LogP contribution in [0.1, 0.15) is 56.7 Å². The van der Waals surface area contributed by atoms with E-state index < -0.39 is 10.0 Å². The van der Waals surface area contributed by atoms with Gasteiger partial charge in [0.05, 0.1) is 4.90 Å². The third-order valence-corrected chi connectivity index (χ3v) is 8.77. The number of likely N-dealkylation sites (tertiary alicyclic amines) is 1. The Labute approximate surface area is 205 Å². The second-order valence-electron chi connectivity index (χ2n) is 9.29. The van der Waals surface area contributed by atoms with E-state index in [2.05, 4.69) is 41.4 Å². The van der Waals surface area contributed by atoms with Crippen molar-refractivity contribution in [2.45, 2.75) is 64.4 Å². The normalized spacial score (nSPS) is 15.5. The molecule has 0 spiro atoms. The molecule has 3 rings (SSSR count). The van der Waals surface area contributed by atoms with Crippen molar-refractivity contribution in [3.05, 3.63) is 65.2 Å². The van der Waals surface area contributed by atoms with E-state index in [9.17, 15) is 13.2 Å². The summed E-state index contributed by atoms with van der Waals surface area (Å²) in [6, 6.07) is 15.4. The fourth-order valence-corrected chi connectivity index (χ4v) is 5.79. The number of carbonyl (C=O) groups excluding carboxylic acids is 1. The molecule has 0 aromatic heterocycles. The van der Waals surface area contributed by atoms with Crippen molar-refractivity contribution in [3.63, 3.8) is 0 Å². The Morgan fingerprint density at radius 2 is 1.50 bits per heavy atom. The average Bonchev–Trinajstić information content (AvgIpc) is 2.84. The maximum Gasteiger partial charge on any atom is 0.243 e. The summed E-state index contributed by atoms with van der Waals surface area (Å²) in [4.78, 5) is 15.1. The van der Waals surface area contributed by atoms with Crippen LogP contribution in [0, 0.1) is 5.92 Å². The highest BCUT2D eigenvalue weighted by molar-refractivity contribution is 7.89. The lowest BCUT2D eigenvalue weighted by atomic mass is 9.99. The zero-order chi connectivity index (χ0) is 24.6. The number of piperidine rings is 1. The standard InChI is InChI=1S/C27H39N3O3S/c1-4-30(5-2)34(32,33)26-13-10-23(11-14-26)12-15-27(31)28-20-24-6-8-25(9-7-24)21-29-18-16-22(3)17-19-29/h6-11,13-14,22H,4-5,12,15-21H2,1-3H3,(H,28,31). The Balaban J connectivity index is 1.42. The number of sulfonamides is 1. The fraction of sp³-hybridized carbons (Fsp3) is 0.519. The number of hydrogen-bond donors (Lipinski definition) is 1. The van der Waals surface area contributed by atoms with E-state index in [-0.39, 0.29) is 5.91 Å². The van der Waals surface area contributed by atoms with Crippen molar-refractivity contribution in [1.29, 1.82) is 0 Å². The van der Waals surface area contributed by atoms with E-state index in [1.165, 1.54) is 35.8 Å². The molecule has 1 saturated heterocycles. The molecule has 1 aliphatic heterocycles. The number of nitrogens with zero attached hydrogens (tertiary/aromatic N) is 2. The second-order valence-corrected chi connectivity index (χ2v) is 11.2. The van der Waals surface area contributed by atoms with Gasteiger partial charge in [-0.25, -0.2) is 8.42 Å². The molecular formula is C27H39N3O3S. The smallest absolute Gasteiger partial charge is 0.243 e. The van der Waals surface area contributed by atoms with Crippen LogP contribution in [0.5, 0.6) is 0 Å². The van der Waals surface area contributed by atoms with Gasteiger partial charge >= 0.3 is 0 Å². The lowest BCUT2D eigenvalue weighted by molar-refractivity contribution is -0.121. The van der Waals surface area contributed by atoms with Crippen LogP contribution in [0.15, 0.2) is 53.4 Å². The number of carbonyl (C=O) groups is 1. The van der Waals surface area contributed by atoms with Gasteiger partial charge in [-0.15, -0.1) is 0 Å². The highest BCUT2D eigenvalue weighted by Gasteiger charge is 2.21. The molecule has 186 valence electrons. The second kappa shape index (κ2) is 12.5. The largest absolute Gasteiger partial charge is 0.352 e. The Hall–Kier alpha value is -2.22. The Morgan fingerprint density at radius 3 is 2.09 bits per heavy atom. The van der Waals surface area contributed by atoms with Crippen molar-refractivity contribution in [1.82, 2.24) is 14.5 Å². The first-order valence-electron chi connectivity index (χ1n) is 12.5. The predicted octanol–water partition coefficient (Wildman–Crippen LogP) is 4.20. The van der Waals surface area contributed by atoms with Crippen LogP contribution in [-0.4, -0.2) is 49.7 Å². The number of benzene rings is 2. The molecule has 1 aliphatic rings. The molecule has 0 saturated carbocycles. The minimum Gasteiger partial charge on any atom is -0.352 e. The van der Waals surface area contributed by atoms with Crippen molar-refractivity contribution >= 4 is 15.9 Å². The minimum atomic E-state index is -3.45. The first-order chi connectivity index (χ1) is 16.3. The summed E-state index contributed by atoms with van der Waals surface area (Å²) in [5.41, 5.74) is 3.36. The first-order valence-corrected chi connectivity index (χ1v) is 13.9. The molecule has 2 aromatic carbocycles. The Bertz CT molecular complexity index is 1010. The van der Waals surface area contributed by atoms with E-state index in [0.29, 0.717) is 37.4 Å². The average molecular weight is 486 g/mol. The lowest BCUT2D eigenvalue weighted by Crippen LogP contribution is -2.32. The molecule has 1 heterocycles. The molecule has 6 nitrogen and oxygen atoms in total. The summed E-state index contributed by atoms with van der Waals surface area (Å²) in [6.45, 7) is 10.7. The van der Waals surface area contributed by atoms with Crippen LogP contribution in [0.4, 0.5) is 0 Å². The minimum absolute atomic E-state index is 0.00801. The van der Waals surface area contributed by atoms with E-state index >= 15 is 0 Å². The van der Waals surface area contributed by atoms with Crippen molar-refractivity contribution in [2.24, 2.45) is 5.92 Å². The first kappa shape index (κ1) is 26.4. The summed E-state index contributed by atoms with van der Waals surface area (Å²) in [7, 11) is -3.45. The van der Waals surface area contributed by atoms with Gasteiger partial charge in [0.2, 0.25) is 15.9 Å². The van der Waals surface area contributed by atoms with E-state index in [1.54, 1.807) is 24.3 Å². The molecule has 1 N–H and O–H groups in total. The predicted molar refractivity (Wildman–Crippen MR) is 137 cm³/mol. The van der Waals surface area contributed by atoms with Gasteiger partial charge in [0.15, 0.2) is 0 Å². The number of nitrogens with one attached hydrogen (secondary N) is 1. The van der Waals surface area contributed by atoms with Crippen LogP contribution in [0.3, 0.4) is 0 Å². The fourth-order valence-electron chi connectivity index (χ4n) is 4.33. The molecule has 0 atom stereocenters.